The van der Waals surface area contributed by atoms with E-state index < -0.39 is 17.6 Å². The number of nitrogens with one attached hydrogen (secondary N) is 1. The maximum atomic E-state index is 13.0. The number of furan rings is 1. The number of fused-ring (bicyclic) bond motifs is 1. The summed E-state index contributed by atoms with van der Waals surface area (Å²) in [7, 11) is 0. The summed E-state index contributed by atoms with van der Waals surface area (Å²) in [4.78, 5) is 27.8. The fourth-order valence-corrected chi connectivity index (χ4v) is 4.54. The number of benzene rings is 2. The number of carbonyl (C=O) groups is 2. The molecule has 0 saturated carbocycles. The van der Waals surface area contributed by atoms with Crippen LogP contribution in [0.3, 0.4) is 0 Å². The van der Waals surface area contributed by atoms with Crippen LogP contribution in [0.4, 0.5) is 24.5 Å². The van der Waals surface area contributed by atoms with Crippen LogP contribution in [0.2, 0.25) is 0 Å². The highest BCUT2D eigenvalue weighted by molar-refractivity contribution is 7.99. The van der Waals surface area contributed by atoms with Crippen molar-refractivity contribution >= 4 is 35.0 Å². The lowest BCUT2D eigenvalue weighted by Crippen LogP contribution is -2.38. The predicted octanol–water partition coefficient (Wildman–Crippen LogP) is 5.51. The second-order valence-electron chi connectivity index (χ2n) is 6.90. The molecule has 2 heterocycles. The van der Waals surface area contributed by atoms with E-state index in [4.69, 9.17) is 4.42 Å². The molecule has 4 rings (SSSR count). The molecule has 31 heavy (non-hydrogen) atoms. The van der Waals surface area contributed by atoms with Gasteiger partial charge >= 0.3 is 6.18 Å². The molecule has 1 N–H and O–H groups in total. The van der Waals surface area contributed by atoms with Crippen molar-refractivity contribution in [3.63, 3.8) is 0 Å². The van der Waals surface area contributed by atoms with E-state index in [1.807, 2.05) is 12.1 Å². The molecular weight excluding hydrogens is 429 g/mol. The molecular formula is C22H17F3N2O3S. The maximum absolute atomic E-state index is 13.0. The predicted molar refractivity (Wildman–Crippen MR) is 111 cm³/mol. The second kappa shape index (κ2) is 8.50. The molecule has 1 atom stereocenters. The third-order valence-corrected chi connectivity index (χ3v) is 6.00. The second-order valence-corrected chi connectivity index (χ2v) is 8.14. The fourth-order valence-electron chi connectivity index (χ4n) is 3.30. The van der Waals surface area contributed by atoms with E-state index in [1.54, 1.807) is 24.3 Å². The van der Waals surface area contributed by atoms with Crippen molar-refractivity contribution in [3.8, 4) is 0 Å². The minimum Gasteiger partial charge on any atom is -0.468 e. The van der Waals surface area contributed by atoms with E-state index >= 15 is 0 Å². The minimum atomic E-state index is -4.52. The van der Waals surface area contributed by atoms with Crippen LogP contribution in [0.5, 0.6) is 0 Å². The van der Waals surface area contributed by atoms with Gasteiger partial charge in [0.25, 0.3) is 0 Å². The van der Waals surface area contributed by atoms with Gasteiger partial charge in [0.1, 0.15) is 12.3 Å². The Morgan fingerprint density at radius 2 is 1.94 bits per heavy atom. The van der Waals surface area contributed by atoms with Crippen LogP contribution in [-0.2, 0) is 15.8 Å². The monoisotopic (exact) mass is 446 g/mol. The number of hydrogen-bond acceptors (Lipinski definition) is 4. The number of hydrogen-bond donors (Lipinski definition) is 1. The molecule has 0 aliphatic carbocycles. The maximum Gasteiger partial charge on any atom is 0.416 e. The molecule has 0 unspecified atom stereocenters. The third kappa shape index (κ3) is 4.77. The fraction of sp³-hybridized carbons (Fsp3) is 0.182. The molecule has 0 radical (unpaired) electrons. The number of amides is 2. The number of rotatable bonds is 4. The van der Waals surface area contributed by atoms with Gasteiger partial charge in [0.05, 0.1) is 22.8 Å². The molecule has 2 aromatic carbocycles. The highest BCUT2D eigenvalue weighted by Gasteiger charge is 2.32. The van der Waals surface area contributed by atoms with Gasteiger partial charge in [-0.1, -0.05) is 18.2 Å². The van der Waals surface area contributed by atoms with Crippen molar-refractivity contribution in [2.75, 3.05) is 16.8 Å². The number of alkyl halides is 3. The molecule has 3 aromatic rings. The zero-order chi connectivity index (χ0) is 22.0. The van der Waals surface area contributed by atoms with Gasteiger partial charge < -0.3 is 14.6 Å². The zero-order valence-corrected chi connectivity index (χ0v) is 16.9. The molecule has 0 saturated heterocycles. The Kier molecular flexibility index (Phi) is 5.77. The Bertz CT molecular complexity index is 1100. The molecule has 1 aliphatic rings. The lowest BCUT2D eigenvalue weighted by Gasteiger charge is -2.22. The van der Waals surface area contributed by atoms with E-state index in [-0.39, 0.29) is 29.8 Å². The van der Waals surface area contributed by atoms with Gasteiger partial charge in [-0.15, -0.1) is 11.8 Å². The Morgan fingerprint density at radius 3 is 2.68 bits per heavy atom. The minimum absolute atomic E-state index is 0.0122. The van der Waals surface area contributed by atoms with Crippen molar-refractivity contribution in [1.29, 1.82) is 0 Å². The Hall–Kier alpha value is -3.20. The van der Waals surface area contributed by atoms with Crippen molar-refractivity contribution in [3.05, 3.63) is 78.3 Å². The Labute approximate surface area is 180 Å². The number of nitrogens with zero attached hydrogens (tertiary/aromatic N) is 1. The van der Waals surface area contributed by atoms with Crippen molar-refractivity contribution in [1.82, 2.24) is 0 Å². The SMILES string of the molecule is O=C(CN1C(=O)C[C@H](c2ccco2)Sc2ccccc21)Nc1cccc(C(F)(F)F)c1. The zero-order valence-electron chi connectivity index (χ0n) is 16.1. The molecule has 0 bridgehead atoms. The smallest absolute Gasteiger partial charge is 0.416 e. The first-order valence-electron chi connectivity index (χ1n) is 9.38. The Balaban J connectivity index is 1.55. The van der Waals surface area contributed by atoms with E-state index in [0.717, 1.165) is 17.0 Å². The number of carbonyl (C=O) groups excluding carboxylic acids is 2. The summed E-state index contributed by atoms with van der Waals surface area (Å²) in [6, 6.07) is 15.1. The first-order chi connectivity index (χ1) is 14.8. The van der Waals surface area contributed by atoms with Crippen LogP contribution in [0.25, 0.3) is 0 Å². The summed E-state index contributed by atoms with van der Waals surface area (Å²) >= 11 is 1.47. The average Bonchev–Trinajstić information content (AvgIpc) is 3.22. The summed E-state index contributed by atoms with van der Waals surface area (Å²) < 4.78 is 44.2. The summed E-state index contributed by atoms with van der Waals surface area (Å²) in [5.74, 6) is -0.217. The molecule has 9 heteroatoms. The van der Waals surface area contributed by atoms with Crippen molar-refractivity contribution in [2.24, 2.45) is 0 Å². The molecule has 2 amide bonds. The Morgan fingerprint density at radius 1 is 1.13 bits per heavy atom. The number of anilines is 2. The van der Waals surface area contributed by atoms with Crippen LogP contribution in [0, 0.1) is 0 Å². The van der Waals surface area contributed by atoms with E-state index in [0.29, 0.717) is 11.4 Å². The highest BCUT2D eigenvalue weighted by Crippen LogP contribution is 2.45. The van der Waals surface area contributed by atoms with Crippen LogP contribution < -0.4 is 10.2 Å². The van der Waals surface area contributed by atoms with Crippen molar-refractivity contribution in [2.45, 2.75) is 22.7 Å². The van der Waals surface area contributed by atoms with E-state index in [2.05, 4.69) is 5.32 Å². The topological polar surface area (TPSA) is 62.6 Å². The summed E-state index contributed by atoms with van der Waals surface area (Å²) in [5, 5.41) is 2.20. The van der Waals surface area contributed by atoms with Crippen LogP contribution in [0.1, 0.15) is 23.0 Å². The number of para-hydroxylation sites is 1. The standard InChI is InChI=1S/C22H17F3N2O3S/c23-22(24,25)14-5-3-6-15(11-14)26-20(28)13-27-16-7-1-2-9-18(16)31-19(12-21(27)29)17-8-4-10-30-17/h1-11,19H,12-13H2,(H,26,28)/t19-/m1/s1. The largest absolute Gasteiger partial charge is 0.468 e. The van der Waals surface area contributed by atoms with Gasteiger partial charge in [0, 0.05) is 17.0 Å². The van der Waals surface area contributed by atoms with Crippen molar-refractivity contribution < 1.29 is 27.2 Å². The van der Waals surface area contributed by atoms with Crippen LogP contribution in [0.15, 0.2) is 76.2 Å². The summed E-state index contributed by atoms with van der Waals surface area (Å²) in [6.45, 7) is -0.322. The van der Waals surface area contributed by atoms with Gasteiger partial charge in [0.2, 0.25) is 11.8 Å². The van der Waals surface area contributed by atoms with Gasteiger partial charge in [-0.25, -0.2) is 0 Å². The first kappa shape index (κ1) is 21.0. The number of halogens is 3. The third-order valence-electron chi connectivity index (χ3n) is 4.72. The van der Waals surface area contributed by atoms with E-state index in [9.17, 15) is 22.8 Å². The average molecular weight is 446 g/mol. The number of thioether (sulfide) groups is 1. The summed E-state index contributed by atoms with van der Waals surface area (Å²) in [5.41, 5.74) is -0.275. The van der Waals surface area contributed by atoms with Gasteiger partial charge in [-0.2, -0.15) is 13.2 Å². The lowest BCUT2D eigenvalue weighted by atomic mass is 10.2. The van der Waals surface area contributed by atoms with Gasteiger partial charge in [0.15, 0.2) is 0 Å². The summed E-state index contributed by atoms with van der Waals surface area (Å²) in [6.07, 6.45) is -2.86. The van der Waals surface area contributed by atoms with Gasteiger partial charge in [-0.3, -0.25) is 9.59 Å². The normalized spacial score (nSPS) is 16.5. The van der Waals surface area contributed by atoms with Crippen LogP contribution in [-0.4, -0.2) is 18.4 Å². The van der Waals surface area contributed by atoms with Crippen LogP contribution >= 0.6 is 11.8 Å². The highest BCUT2D eigenvalue weighted by atomic mass is 32.2. The molecule has 0 spiro atoms. The molecule has 160 valence electrons. The van der Waals surface area contributed by atoms with E-state index in [1.165, 1.54) is 35.1 Å². The van der Waals surface area contributed by atoms with Gasteiger partial charge in [-0.05, 0) is 42.5 Å². The molecule has 0 fully saturated rings. The lowest BCUT2D eigenvalue weighted by molar-refractivity contribution is -0.137. The molecule has 5 nitrogen and oxygen atoms in total. The molecule has 1 aromatic heterocycles. The molecule has 1 aliphatic heterocycles. The first-order valence-corrected chi connectivity index (χ1v) is 10.3. The quantitative estimate of drug-likeness (QED) is 0.574.